The fourth-order valence-electron chi connectivity index (χ4n) is 2.65. The van der Waals surface area contributed by atoms with Crippen LogP contribution in [0, 0.1) is 0 Å². The maximum atomic E-state index is 12.0. The first kappa shape index (κ1) is 21.1. The molecule has 0 aliphatic rings. The van der Waals surface area contributed by atoms with Gasteiger partial charge < -0.3 is 24.9 Å². The molecule has 9 heteroatoms. The second-order valence-corrected chi connectivity index (χ2v) is 7.05. The number of benzene rings is 1. The molecule has 3 aromatic rings. The molecule has 0 spiro atoms. The average Bonchev–Trinajstić information content (AvgIpc) is 3.42. The van der Waals surface area contributed by atoms with Gasteiger partial charge in [-0.2, -0.15) is 4.98 Å². The van der Waals surface area contributed by atoms with Crippen LogP contribution in [0.5, 0.6) is 0 Å². The van der Waals surface area contributed by atoms with Crippen LogP contribution in [0.25, 0.3) is 0 Å². The van der Waals surface area contributed by atoms with Crippen LogP contribution in [0.3, 0.4) is 0 Å². The van der Waals surface area contributed by atoms with Crippen LogP contribution in [-0.4, -0.2) is 28.6 Å². The normalized spacial score (nSPS) is 10.8. The number of aromatic nitrogens is 2. The second kappa shape index (κ2) is 10.2. The first-order valence-electron chi connectivity index (χ1n) is 9.79. The van der Waals surface area contributed by atoms with E-state index in [2.05, 4.69) is 26.1 Å². The Labute approximate surface area is 174 Å². The van der Waals surface area contributed by atoms with Gasteiger partial charge in [0.05, 0.1) is 6.26 Å². The fraction of sp³-hybridized carbons (Fsp3) is 0.333. The Morgan fingerprint density at radius 2 is 2.00 bits per heavy atom. The molecule has 158 valence electrons. The first-order chi connectivity index (χ1) is 14.5. The van der Waals surface area contributed by atoms with Crippen molar-refractivity contribution in [2.75, 3.05) is 11.9 Å². The summed E-state index contributed by atoms with van der Waals surface area (Å²) in [7, 11) is 0. The van der Waals surface area contributed by atoms with Crippen LogP contribution in [0.4, 0.5) is 10.5 Å². The summed E-state index contributed by atoms with van der Waals surface area (Å²) in [6, 6.07) is 10.2. The Hall–Kier alpha value is -3.62. The van der Waals surface area contributed by atoms with Gasteiger partial charge in [0, 0.05) is 31.1 Å². The maximum Gasteiger partial charge on any atom is 0.315 e. The molecule has 0 aliphatic carbocycles. The van der Waals surface area contributed by atoms with Gasteiger partial charge in [-0.25, -0.2) is 4.79 Å². The lowest BCUT2D eigenvalue weighted by molar-refractivity contribution is 0.0996. The first-order valence-corrected chi connectivity index (χ1v) is 9.79. The molecule has 0 aliphatic heterocycles. The maximum absolute atomic E-state index is 12.0. The van der Waals surface area contributed by atoms with Crippen LogP contribution < -0.4 is 16.0 Å². The molecule has 0 fully saturated rings. The molecule has 2 aromatic heterocycles. The molecule has 30 heavy (non-hydrogen) atoms. The van der Waals surface area contributed by atoms with Crippen LogP contribution in [0.1, 0.15) is 54.0 Å². The summed E-state index contributed by atoms with van der Waals surface area (Å²) >= 11 is 0. The van der Waals surface area contributed by atoms with Gasteiger partial charge in [-0.3, -0.25) is 4.79 Å². The highest BCUT2D eigenvalue weighted by Crippen LogP contribution is 2.13. The SMILES string of the molecule is CC(C)c1noc(CCCNC(=O)NCc2cccc(NC(=O)c3ccco3)c2)n1. The third-order valence-electron chi connectivity index (χ3n) is 4.24. The summed E-state index contributed by atoms with van der Waals surface area (Å²) in [4.78, 5) is 28.3. The van der Waals surface area contributed by atoms with Crippen molar-refractivity contribution >= 4 is 17.6 Å². The molecule has 3 rings (SSSR count). The quantitative estimate of drug-likeness (QED) is 0.464. The van der Waals surface area contributed by atoms with Gasteiger partial charge in [0.2, 0.25) is 5.89 Å². The summed E-state index contributed by atoms with van der Waals surface area (Å²) in [6.45, 7) is 4.83. The van der Waals surface area contributed by atoms with E-state index in [4.69, 9.17) is 8.94 Å². The Balaban J connectivity index is 1.37. The number of urea groups is 1. The van der Waals surface area contributed by atoms with Crippen molar-refractivity contribution in [3.63, 3.8) is 0 Å². The Morgan fingerprint density at radius 3 is 2.73 bits per heavy atom. The van der Waals surface area contributed by atoms with Crippen molar-refractivity contribution in [1.29, 1.82) is 0 Å². The van der Waals surface area contributed by atoms with Gasteiger partial charge in [0.15, 0.2) is 11.6 Å². The van der Waals surface area contributed by atoms with Crippen LogP contribution in [0.2, 0.25) is 0 Å². The predicted molar refractivity (Wildman–Crippen MR) is 110 cm³/mol. The summed E-state index contributed by atoms with van der Waals surface area (Å²) in [5.74, 6) is 1.40. The molecule has 0 atom stereocenters. The van der Waals surface area contributed by atoms with Crippen LogP contribution >= 0.6 is 0 Å². The van der Waals surface area contributed by atoms with E-state index in [9.17, 15) is 9.59 Å². The van der Waals surface area contributed by atoms with Crippen molar-refractivity contribution in [3.8, 4) is 0 Å². The fourth-order valence-corrected chi connectivity index (χ4v) is 2.65. The average molecular weight is 411 g/mol. The number of carbonyl (C=O) groups is 2. The minimum atomic E-state index is -0.329. The molecule has 2 heterocycles. The third kappa shape index (κ3) is 6.20. The van der Waals surface area contributed by atoms with E-state index in [0.717, 1.165) is 5.56 Å². The van der Waals surface area contributed by atoms with Gasteiger partial charge in [0.25, 0.3) is 5.91 Å². The Kier molecular flexibility index (Phi) is 7.20. The van der Waals surface area contributed by atoms with Gasteiger partial charge in [-0.05, 0) is 36.2 Å². The minimum Gasteiger partial charge on any atom is -0.459 e. The molecule has 1 aromatic carbocycles. The van der Waals surface area contributed by atoms with Crippen LogP contribution in [0.15, 0.2) is 51.6 Å². The standard InChI is InChI=1S/C21H25N5O4/c1-14(2)19-25-18(30-26-19)9-4-10-22-21(28)23-13-15-6-3-7-16(12-15)24-20(27)17-8-5-11-29-17/h3,5-8,11-12,14H,4,9-10,13H2,1-2H3,(H,24,27)(H2,22,23,28). The highest BCUT2D eigenvalue weighted by molar-refractivity contribution is 6.02. The molecule has 0 unspecified atom stereocenters. The van der Waals surface area contributed by atoms with Gasteiger partial charge in [0.1, 0.15) is 0 Å². The number of furan rings is 1. The Morgan fingerprint density at radius 1 is 1.13 bits per heavy atom. The van der Waals surface area contributed by atoms with E-state index in [-0.39, 0.29) is 23.6 Å². The largest absolute Gasteiger partial charge is 0.459 e. The zero-order valence-corrected chi connectivity index (χ0v) is 17.0. The van der Waals surface area contributed by atoms with Crippen molar-refractivity contribution in [1.82, 2.24) is 20.8 Å². The number of rotatable bonds is 9. The Bertz CT molecular complexity index is 965. The number of amides is 3. The molecule has 0 radical (unpaired) electrons. The van der Waals surface area contributed by atoms with E-state index in [0.29, 0.717) is 43.3 Å². The smallest absolute Gasteiger partial charge is 0.315 e. The predicted octanol–water partition coefficient (Wildman–Crippen LogP) is 3.47. The van der Waals surface area contributed by atoms with Crippen LogP contribution in [-0.2, 0) is 13.0 Å². The number of nitrogens with zero attached hydrogens (tertiary/aromatic N) is 2. The number of carbonyl (C=O) groups excluding carboxylic acids is 2. The summed E-state index contributed by atoms with van der Waals surface area (Å²) < 4.78 is 10.2. The van der Waals surface area contributed by atoms with E-state index in [1.54, 1.807) is 24.3 Å². The monoisotopic (exact) mass is 411 g/mol. The zero-order chi connectivity index (χ0) is 21.3. The van der Waals surface area contributed by atoms with Crippen molar-refractivity contribution in [2.45, 2.75) is 39.2 Å². The highest BCUT2D eigenvalue weighted by Gasteiger charge is 2.10. The molecule has 0 saturated heterocycles. The molecule has 0 saturated carbocycles. The van der Waals surface area contributed by atoms with Crippen molar-refractivity contribution in [2.24, 2.45) is 0 Å². The lowest BCUT2D eigenvalue weighted by atomic mass is 10.2. The highest BCUT2D eigenvalue weighted by atomic mass is 16.5. The second-order valence-electron chi connectivity index (χ2n) is 7.05. The number of anilines is 1. The molecule has 3 N–H and O–H groups in total. The van der Waals surface area contributed by atoms with Gasteiger partial charge >= 0.3 is 6.03 Å². The van der Waals surface area contributed by atoms with Gasteiger partial charge in [-0.15, -0.1) is 0 Å². The van der Waals surface area contributed by atoms with Crippen molar-refractivity contribution in [3.05, 3.63) is 65.7 Å². The number of hydrogen-bond donors (Lipinski definition) is 3. The zero-order valence-electron chi connectivity index (χ0n) is 17.0. The number of hydrogen-bond acceptors (Lipinski definition) is 6. The lowest BCUT2D eigenvalue weighted by Gasteiger charge is -2.09. The van der Waals surface area contributed by atoms with E-state index >= 15 is 0 Å². The molecular formula is C21H25N5O4. The number of nitrogens with one attached hydrogen (secondary N) is 3. The van der Waals surface area contributed by atoms with Gasteiger partial charge in [-0.1, -0.05) is 31.1 Å². The minimum absolute atomic E-state index is 0.225. The molecular weight excluding hydrogens is 386 g/mol. The number of aryl methyl sites for hydroxylation is 1. The van der Waals surface area contributed by atoms with E-state index in [1.807, 2.05) is 26.0 Å². The van der Waals surface area contributed by atoms with Crippen molar-refractivity contribution < 1.29 is 18.5 Å². The third-order valence-corrected chi connectivity index (χ3v) is 4.24. The molecule has 0 bridgehead atoms. The van der Waals surface area contributed by atoms with E-state index < -0.39 is 0 Å². The lowest BCUT2D eigenvalue weighted by Crippen LogP contribution is -2.35. The molecule has 9 nitrogen and oxygen atoms in total. The van der Waals surface area contributed by atoms with E-state index in [1.165, 1.54) is 6.26 Å². The summed E-state index contributed by atoms with van der Waals surface area (Å²) in [5.41, 5.74) is 1.48. The molecule has 3 amide bonds. The summed E-state index contributed by atoms with van der Waals surface area (Å²) in [5, 5.41) is 12.3. The topological polar surface area (TPSA) is 122 Å². The summed E-state index contributed by atoms with van der Waals surface area (Å²) in [6.07, 6.45) is 2.75.